The molecular formula is C44H40BNS2. The summed E-state index contributed by atoms with van der Waals surface area (Å²) in [5.74, 6) is 0. The number of rotatable bonds is 8. The Balaban J connectivity index is 1.22. The SMILES string of the molecule is Cc1cc(C)c(B(c2ccc(-c3ccc(-c4ccc(N(c5ccccc5)c5ccccc5)cc4)s3)s2)c2c(C)cc(C)cc2C)c(C)c1. The van der Waals surface area contributed by atoms with Crippen molar-refractivity contribution >= 4 is 62.2 Å². The molecule has 0 saturated carbocycles. The predicted octanol–water partition coefficient (Wildman–Crippen LogP) is 11.0. The van der Waals surface area contributed by atoms with Crippen LogP contribution in [0.25, 0.3) is 20.2 Å². The molecule has 4 heteroatoms. The van der Waals surface area contributed by atoms with Gasteiger partial charge in [-0.1, -0.05) is 123 Å². The molecule has 5 aromatic carbocycles. The third-order valence-electron chi connectivity index (χ3n) is 9.25. The van der Waals surface area contributed by atoms with E-state index in [1.807, 2.05) is 22.7 Å². The first-order valence-electron chi connectivity index (χ1n) is 16.6. The second-order valence-corrected chi connectivity index (χ2v) is 15.2. The van der Waals surface area contributed by atoms with Crippen LogP contribution in [0.1, 0.15) is 33.4 Å². The number of aryl methyl sites for hydroxylation is 6. The van der Waals surface area contributed by atoms with Crippen molar-refractivity contribution in [3.05, 3.63) is 167 Å². The summed E-state index contributed by atoms with van der Waals surface area (Å²) in [6, 6.07) is 48.8. The van der Waals surface area contributed by atoms with Crippen LogP contribution < -0.4 is 20.6 Å². The molecule has 1 nitrogen and oxygen atoms in total. The summed E-state index contributed by atoms with van der Waals surface area (Å²) >= 11 is 3.82. The third kappa shape index (κ3) is 6.31. The zero-order valence-corrected chi connectivity index (χ0v) is 30.2. The highest BCUT2D eigenvalue weighted by molar-refractivity contribution is 7.31. The first-order valence-corrected chi connectivity index (χ1v) is 18.3. The van der Waals surface area contributed by atoms with Gasteiger partial charge in [0, 0.05) is 31.7 Å². The van der Waals surface area contributed by atoms with Crippen molar-refractivity contribution < 1.29 is 0 Å². The van der Waals surface area contributed by atoms with Crippen LogP contribution in [-0.2, 0) is 0 Å². The summed E-state index contributed by atoms with van der Waals surface area (Å²) in [4.78, 5) is 6.23. The van der Waals surface area contributed by atoms with E-state index < -0.39 is 0 Å². The van der Waals surface area contributed by atoms with Crippen LogP contribution in [0.4, 0.5) is 17.1 Å². The zero-order valence-electron chi connectivity index (χ0n) is 28.5. The van der Waals surface area contributed by atoms with Gasteiger partial charge in [-0.05, 0) is 106 Å². The summed E-state index contributed by atoms with van der Waals surface area (Å²) in [5, 5.41) is 0. The van der Waals surface area contributed by atoms with Crippen LogP contribution in [0, 0.1) is 41.5 Å². The zero-order chi connectivity index (χ0) is 33.4. The van der Waals surface area contributed by atoms with Crippen molar-refractivity contribution in [2.45, 2.75) is 41.5 Å². The molecule has 0 saturated heterocycles. The fourth-order valence-electron chi connectivity index (χ4n) is 7.36. The number of anilines is 3. The Morgan fingerprint density at radius 1 is 0.417 bits per heavy atom. The van der Waals surface area contributed by atoms with E-state index in [9.17, 15) is 0 Å². The number of benzene rings is 5. The van der Waals surface area contributed by atoms with Crippen LogP contribution in [0.5, 0.6) is 0 Å². The topological polar surface area (TPSA) is 3.24 Å². The molecule has 0 fully saturated rings. The van der Waals surface area contributed by atoms with Crippen LogP contribution in [0.15, 0.2) is 133 Å². The van der Waals surface area contributed by atoms with Gasteiger partial charge in [0.2, 0.25) is 0 Å². The number of hydrogen-bond donors (Lipinski definition) is 0. The number of para-hydroxylation sites is 2. The molecule has 7 aromatic rings. The van der Waals surface area contributed by atoms with Gasteiger partial charge in [0.25, 0.3) is 6.71 Å². The average molecular weight is 658 g/mol. The van der Waals surface area contributed by atoms with Crippen LogP contribution in [-0.4, -0.2) is 6.71 Å². The molecule has 2 heterocycles. The molecule has 2 aromatic heterocycles. The van der Waals surface area contributed by atoms with Gasteiger partial charge in [-0.2, -0.15) is 0 Å². The highest BCUT2D eigenvalue weighted by Crippen LogP contribution is 2.39. The Morgan fingerprint density at radius 2 is 0.833 bits per heavy atom. The normalized spacial score (nSPS) is 11.1. The van der Waals surface area contributed by atoms with Crippen molar-refractivity contribution in [3.8, 4) is 20.2 Å². The lowest BCUT2D eigenvalue weighted by Crippen LogP contribution is -2.54. The summed E-state index contributed by atoms with van der Waals surface area (Å²) in [6.45, 7) is 13.7. The fourth-order valence-corrected chi connectivity index (χ4v) is 9.59. The second kappa shape index (κ2) is 13.5. The first-order chi connectivity index (χ1) is 23.3. The maximum absolute atomic E-state index is 2.37. The summed E-state index contributed by atoms with van der Waals surface area (Å²) in [7, 11) is 0. The standard InChI is InChI=1S/C44H40BNS2/c1-29-25-31(3)43(32(4)26-29)45(44-33(5)27-30(2)28-34(44)6)42-24-23-41(48-42)40-22-21-39(47-40)35-17-19-38(20-18-35)46(36-13-9-7-10-14-36)37-15-11-8-12-16-37/h7-28H,1-6H3. The van der Waals surface area contributed by atoms with Crippen molar-refractivity contribution in [3.63, 3.8) is 0 Å². The molecule has 0 aliphatic carbocycles. The maximum atomic E-state index is 2.37. The van der Waals surface area contributed by atoms with E-state index in [4.69, 9.17) is 0 Å². The van der Waals surface area contributed by atoms with E-state index in [1.54, 1.807) is 0 Å². The van der Waals surface area contributed by atoms with E-state index in [-0.39, 0.29) is 6.71 Å². The first kappa shape index (κ1) is 31.9. The lowest BCUT2D eigenvalue weighted by Gasteiger charge is -2.25. The van der Waals surface area contributed by atoms with Crippen molar-refractivity contribution in [2.75, 3.05) is 4.90 Å². The van der Waals surface area contributed by atoms with Crippen molar-refractivity contribution in [1.82, 2.24) is 0 Å². The van der Waals surface area contributed by atoms with Gasteiger partial charge >= 0.3 is 0 Å². The molecule has 236 valence electrons. The summed E-state index contributed by atoms with van der Waals surface area (Å²) in [5.41, 5.74) is 15.7. The Morgan fingerprint density at radius 3 is 1.33 bits per heavy atom. The maximum Gasteiger partial charge on any atom is 0.255 e. The van der Waals surface area contributed by atoms with E-state index in [0.29, 0.717) is 0 Å². The van der Waals surface area contributed by atoms with Crippen LogP contribution in [0.3, 0.4) is 0 Å². The molecule has 0 aliphatic rings. The Bertz CT molecular complexity index is 2050. The lowest BCUT2D eigenvalue weighted by atomic mass is 9.37. The molecular weight excluding hydrogens is 617 g/mol. The molecule has 0 atom stereocenters. The van der Waals surface area contributed by atoms with Gasteiger partial charge in [-0.15, -0.1) is 22.7 Å². The van der Waals surface area contributed by atoms with E-state index in [2.05, 4.69) is 180 Å². The Kier molecular flexibility index (Phi) is 8.96. The largest absolute Gasteiger partial charge is 0.311 e. The van der Waals surface area contributed by atoms with Crippen molar-refractivity contribution in [2.24, 2.45) is 0 Å². The van der Waals surface area contributed by atoms with Crippen LogP contribution in [0.2, 0.25) is 0 Å². The molecule has 0 amide bonds. The van der Waals surface area contributed by atoms with Gasteiger partial charge in [-0.25, -0.2) is 0 Å². The fraction of sp³-hybridized carbons (Fsp3) is 0.136. The molecule has 7 rings (SSSR count). The average Bonchev–Trinajstić information content (AvgIpc) is 3.76. The quantitative estimate of drug-likeness (QED) is 0.147. The lowest BCUT2D eigenvalue weighted by molar-refractivity contribution is 1.28. The third-order valence-corrected chi connectivity index (χ3v) is 11.7. The second-order valence-electron chi connectivity index (χ2n) is 13.0. The molecule has 0 N–H and O–H groups in total. The minimum Gasteiger partial charge on any atom is -0.311 e. The smallest absolute Gasteiger partial charge is 0.255 e. The minimum atomic E-state index is 0.203. The Labute approximate surface area is 294 Å². The van der Waals surface area contributed by atoms with E-state index >= 15 is 0 Å². The summed E-state index contributed by atoms with van der Waals surface area (Å²) in [6.07, 6.45) is 0. The molecule has 0 bridgehead atoms. The molecule has 0 spiro atoms. The van der Waals surface area contributed by atoms with Crippen molar-refractivity contribution in [1.29, 1.82) is 0 Å². The van der Waals surface area contributed by atoms with Crippen LogP contribution >= 0.6 is 22.7 Å². The molecule has 48 heavy (non-hydrogen) atoms. The monoisotopic (exact) mass is 657 g/mol. The number of thiophene rings is 2. The highest BCUT2D eigenvalue weighted by atomic mass is 32.1. The van der Waals surface area contributed by atoms with Gasteiger partial charge in [0.1, 0.15) is 0 Å². The van der Waals surface area contributed by atoms with Gasteiger partial charge in [0.15, 0.2) is 0 Å². The van der Waals surface area contributed by atoms with Gasteiger partial charge in [-0.3, -0.25) is 0 Å². The molecule has 0 unspecified atom stereocenters. The van der Waals surface area contributed by atoms with Gasteiger partial charge < -0.3 is 4.90 Å². The number of hydrogen-bond acceptors (Lipinski definition) is 3. The molecule has 0 aliphatic heterocycles. The van der Waals surface area contributed by atoms with E-state index in [0.717, 1.165) is 17.1 Å². The van der Waals surface area contributed by atoms with E-state index in [1.165, 1.54) is 69.3 Å². The highest BCUT2D eigenvalue weighted by Gasteiger charge is 2.30. The Hall–Kier alpha value is -4.64. The van der Waals surface area contributed by atoms with Gasteiger partial charge in [0.05, 0.1) is 0 Å². The predicted molar refractivity (Wildman–Crippen MR) is 214 cm³/mol. The molecule has 0 radical (unpaired) electrons. The minimum absolute atomic E-state index is 0.203. The summed E-state index contributed by atoms with van der Waals surface area (Å²) < 4.78 is 1.40. The number of nitrogens with zero attached hydrogens (tertiary/aromatic N) is 1.